The van der Waals surface area contributed by atoms with Crippen molar-refractivity contribution >= 4 is 0 Å². The molecule has 0 N–H and O–H groups in total. The Bertz CT molecular complexity index is 121. The van der Waals surface area contributed by atoms with Crippen LogP contribution in [0.25, 0.3) is 0 Å². The molecule has 0 aromatic heterocycles. The molecule has 6 heavy (non-hydrogen) atoms. The third-order valence-electron chi connectivity index (χ3n) is 0.411. The standard InChI is InChI=1S/C5H8O/c1-4-5(2)6-3/h1,5H,2-3H3/i3D3. The van der Waals surface area contributed by atoms with Crippen LogP contribution in [-0.2, 0) is 4.74 Å². The molecule has 0 fully saturated rings. The lowest BCUT2D eigenvalue weighted by Crippen LogP contribution is -1.97. The number of terminal acetylenes is 1. The molecule has 0 aromatic carbocycles. The normalized spacial score (nSPS) is 22.3. The minimum absolute atomic E-state index is 0.641. The highest BCUT2D eigenvalue weighted by molar-refractivity contribution is 4.90. The molecule has 0 aliphatic heterocycles. The minimum atomic E-state index is -2.37. The zero-order chi connectivity index (χ0) is 7.49. The summed E-state index contributed by atoms with van der Waals surface area (Å²) >= 11 is 0. The summed E-state index contributed by atoms with van der Waals surface area (Å²) in [6, 6.07) is 0. The second-order valence-electron chi connectivity index (χ2n) is 0.927. The van der Waals surface area contributed by atoms with E-state index in [9.17, 15) is 0 Å². The Hall–Kier alpha value is -0.480. The lowest BCUT2D eigenvalue weighted by molar-refractivity contribution is 0.164. The lowest BCUT2D eigenvalue weighted by atomic mass is 10.4. The molecule has 0 amide bonds. The van der Waals surface area contributed by atoms with Gasteiger partial charge in [-0.15, -0.1) is 6.42 Å². The molecule has 34 valence electrons. The van der Waals surface area contributed by atoms with E-state index in [0.717, 1.165) is 0 Å². The first-order chi connectivity index (χ1) is 3.95. The Kier molecular flexibility index (Phi) is 0.911. The zero-order valence-corrected chi connectivity index (χ0v) is 3.56. The van der Waals surface area contributed by atoms with Crippen LogP contribution in [0.4, 0.5) is 0 Å². The Morgan fingerprint density at radius 2 is 2.83 bits per heavy atom. The summed E-state index contributed by atoms with van der Waals surface area (Å²) in [5.74, 6) is 2.14. The SMILES string of the molecule is [2H]C([2H])([2H])OC(C)C#C. The van der Waals surface area contributed by atoms with Gasteiger partial charge in [-0.1, -0.05) is 5.92 Å². The van der Waals surface area contributed by atoms with E-state index in [0.29, 0.717) is 0 Å². The zero-order valence-electron chi connectivity index (χ0n) is 6.56. The summed E-state index contributed by atoms with van der Waals surface area (Å²) in [4.78, 5) is 0. The molecule has 1 nitrogen and oxygen atoms in total. The van der Waals surface area contributed by atoms with Crippen LogP contribution in [-0.4, -0.2) is 13.1 Å². The lowest BCUT2D eigenvalue weighted by Gasteiger charge is -1.94. The van der Waals surface area contributed by atoms with Gasteiger partial charge < -0.3 is 4.74 Å². The van der Waals surface area contributed by atoms with Crippen molar-refractivity contribution in [2.45, 2.75) is 13.0 Å². The molecule has 0 spiro atoms. The Morgan fingerprint density at radius 3 is 3.00 bits per heavy atom. The van der Waals surface area contributed by atoms with E-state index in [-0.39, 0.29) is 0 Å². The molecule has 0 aromatic rings. The first-order valence-corrected chi connectivity index (χ1v) is 1.59. The molecule has 0 aliphatic rings. The minimum Gasteiger partial charge on any atom is -0.369 e. The van der Waals surface area contributed by atoms with Gasteiger partial charge in [0.2, 0.25) is 0 Å². The quantitative estimate of drug-likeness (QED) is 0.427. The van der Waals surface area contributed by atoms with Crippen molar-refractivity contribution in [3.05, 3.63) is 0 Å². The predicted octanol–water partition coefficient (Wildman–Crippen LogP) is 0.654. The number of hydrogen-bond acceptors (Lipinski definition) is 1. The van der Waals surface area contributed by atoms with Gasteiger partial charge in [-0.2, -0.15) is 0 Å². The molecular weight excluding hydrogens is 76.1 g/mol. The fourth-order valence-corrected chi connectivity index (χ4v) is 0.0340. The van der Waals surface area contributed by atoms with Crippen LogP contribution in [0.3, 0.4) is 0 Å². The molecule has 0 aliphatic carbocycles. The maximum atomic E-state index is 6.58. The fraction of sp³-hybridized carbons (Fsp3) is 0.600. The van der Waals surface area contributed by atoms with Crippen LogP contribution in [0.2, 0.25) is 0 Å². The monoisotopic (exact) mass is 87.1 g/mol. The second kappa shape index (κ2) is 2.74. The fourth-order valence-electron chi connectivity index (χ4n) is 0.0340. The summed E-state index contributed by atoms with van der Waals surface area (Å²) in [7, 11) is -2.37. The van der Waals surface area contributed by atoms with Crippen molar-refractivity contribution in [1.29, 1.82) is 0 Å². The van der Waals surface area contributed by atoms with Gasteiger partial charge in [0.05, 0.1) is 4.11 Å². The van der Waals surface area contributed by atoms with Gasteiger partial charge in [0.15, 0.2) is 0 Å². The van der Waals surface area contributed by atoms with E-state index < -0.39 is 13.1 Å². The predicted molar refractivity (Wildman–Crippen MR) is 25.3 cm³/mol. The topological polar surface area (TPSA) is 9.23 Å². The number of rotatable bonds is 1. The van der Waals surface area contributed by atoms with Crippen molar-refractivity contribution in [3.8, 4) is 12.3 Å². The van der Waals surface area contributed by atoms with Crippen LogP contribution in [0, 0.1) is 12.3 Å². The first kappa shape index (κ1) is 1.99. The summed E-state index contributed by atoms with van der Waals surface area (Å²) < 4.78 is 24.1. The van der Waals surface area contributed by atoms with Crippen molar-refractivity contribution in [2.75, 3.05) is 7.04 Å². The molecular formula is C5H8O. The largest absolute Gasteiger partial charge is 0.369 e. The molecule has 0 rings (SSSR count). The van der Waals surface area contributed by atoms with Crippen LogP contribution < -0.4 is 0 Å². The Morgan fingerprint density at radius 1 is 2.17 bits per heavy atom. The number of hydrogen-bond donors (Lipinski definition) is 0. The number of methoxy groups -OCH3 is 1. The second-order valence-corrected chi connectivity index (χ2v) is 0.927. The first-order valence-electron chi connectivity index (χ1n) is 3.09. The van der Waals surface area contributed by atoms with Gasteiger partial charge in [0, 0.05) is 7.04 Å². The van der Waals surface area contributed by atoms with Gasteiger partial charge in [-0.05, 0) is 6.92 Å². The van der Waals surface area contributed by atoms with Crippen LogP contribution in [0.5, 0.6) is 0 Å². The number of ether oxygens (including phenoxy) is 1. The third kappa shape index (κ3) is 1.80. The molecule has 1 atom stereocenters. The average Bonchev–Trinajstić information content (AvgIpc) is 1.62. The van der Waals surface area contributed by atoms with Crippen LogP contribution in [0.1, 0.15) is 11.0 Å². The van der Waals surface area contributed by atoms with Crippen molar-refractivity contribution in [2.24, 2.45) is 0 Å². The molecule has 0 radical (unpaired) electrons. The van der Waals surface area contributed by atoms with E-state index in [4.69, 9.17) is 10.5 Å². The van der Waals surface area contributed by atoms with Crippen LogP contribution in [0.15, 0.2) is 0 Å². The highest BCUT2D eigenvalue weighted by Gasteiger charge is 1.84. The van der Waals surface area contributed by atoms with E-state index in [1.165, 1.54) is 6.92 Å². The van der Waals surface area contributed by atoms with Gasteiger partial charge in [0.1, 0.15) is 6.10 Å². The molecule has 0 saturated heterocycles. The smallest absolute Gasteiger partial charge is 0.114 e. The maximum absolute atomic E-state index is 6.58. The third-order valence-corrected chi connectivity index (χ3v) is 0.411. The van der Waals surface area contributed by atoms with E-state index in [1.807, 2.05) is 0 Å². The molecule has 0 saturated carbocycles. The van der Waals surface area contributed by atoms with Gasteiger partial charge in [-0.3, -0.25) is 0 Å². The summed E-state index contributed by atoms with van der Waals surface area (Å²) in [5, 5.41) is 0. The summed E-state index contributed by atoms with van der Waals surface area (Å²) in [6.45, 7) is 1.51. The Balaban J connectivity index is 3.63. The molecule has 0 heterocycles. The summed E-state index contributed by atoms with van der Waals surface area (Å²) in [5.41, 5.74) is 0. The van der Waals surface area contributed by atoms with Crippen molar-refractivity contribution in [1.82, 2.24) is 0 Å². The van der Waals surface area contributed by atoms with Crippen molar-refractivity contribution in [3.63, 3.8) is 0 Å². The van der Waals surface area contributed by atoms with Gasteiger partial charge in [0.25, 0.3) is 0 Å². The molecule has 1 unspecified atom stereocenters. The van der Waals surface area contributed by atoms with Crippen LogP contribution >= 0.6 is 0 Å². The summed E-state index contributed by atoms with van der Waals surface area (Å²) in [6.07, 6.45) is 4.21. The van der Waals surface area contributed by atoms with E-state index >= 15 is 0 Å². The molecule has 1 heteroatoms. The Labute approximate surface area is 42.5 Å². The van der Waals surface area contributed by atoms with E-state index in [2.05, 4.69) is 10.7 Å². The molecule has 0 bridgehead atoms. The van der Waals surface area contributed by atoms with Gasteiger partial charge in [-0.25, -0.2) is 0 Å². The highest BCUT2D eigenvalue weighted by atomic mass is 16.5. The van der Waals surface area contributed by atoms with Gasteiger partial charge >= 0.3 is 0 Å². The average molecular weight is 87.1 g/mol. The maximum Gasteiger partial charge on any atom is 0.114 e. The van der Waals surface area contributed by atoms with Crippen molar-refractivity contribution < 1.29 is 8.85 Å². The van der Waals surface area contributed by atoms with E-state index in [1.54, 1.807) is 0 Å². The highest BCUT2D eigenvalue weighted by Crippen LogP contribution is 1.78.